The third-order valence-corrected chi connectivity index (χ3v) is 4.72. The number of benzene rings is 1. The van der Waals surface area contributed by atoms with Gasteiger partial charge in [0.1, 0.15) is 5.56 Å². The maximum atomic E-state index is 12.7. The number of amides is 1. The van der Waals surface area contributed by atoms with Crippen LogP contribution in [-0.2, 0) is 0 Å². The molecule has 1 atom stereocenters. The molecule has 2 aromatic rings. The molecule has 2 heterocycles. The monoisotopic (exact) mass is 342 g/mol. The maximum absolute atomic E-state index is 12.7. The summed E-state index contributed by atoms with van der Waals surface area (Å²) in [5, 5.41) is 19.5. The Balaban J connectivity index is 1.80. The molecule has 3 N–H and O–H groups in total. The Bertz CT molecular complexity index is 803. The number of likely N-dealkylation sites (tertiary alicyclic amines) is 1. The van der Waals surface area contributed by atoms with Crippen molar-refractivity contribution >= 4 is 5.91 Å². The van der Waals surface area contributed by atoms with Crippen LogP contribution in [0.4, 0.5) is 0 Å². The smallest absolute Gasteiger partial charge is 0.261 e. The number of nitrogens with one attached hydrogen (secondary N) is 1. The second-order valence-electron chi connectivity index (χ2n) is 6.51. The molecular formula is C19H22N2O4. The molecule has 0 radical (unpaired) electrons. The van der Waals surface area contributed by atoms with Crippen LogP contribution >= 0.6 is 0 Å². The zero-order chi connectivity index (χ0) is 17.9. The predicted molar refractivity (Wildman–Crippen MR) is 94.3 cm³/mol. The molecule has 1 aliphatic heterocycles. The second kappa shape index (κ2) is 7.21. The van der Waals surface area contributed by atoms with Gasteiger partial charge in [0.2, 0.25) is 0 Å². The van der Waals surface area contributed by atoms with E-state index in [1.165, 1.54) is 0 Å². The lowest BCUT2D eigenvalue weighted by Crippen LogP contribution is -2.38. The van der Waals surface area contributed by atoms with Crippen LogP contribution in [-0.4, -0.2) is 51.3 Å². The van der Waals surface area contributed by atoms with E-state index in [4.69, 9.17) is 0 Å². The summed E-state index contributed by atoms with van der Waals surface area (Å²) in [6.45, 7) is 0.457. The van der Waals surface area contributed by atoms with Crippen molar-refractivity contribution in [3.63, 3.8) is 0 Å². The van der Waals surface area contributed by atoms with E-state index in [1.54, 1.807) is 17.0 Å². The van der Waals surface area contributed by atoms with E-state index in [0.29, 0.717) is 38.0 Å². The van der Waals surface area contributed by atoms with Crippen molar-refractivity contribution in [3.05, 3.63) is 58.4 Å². The number of aliphatic hydroxyl groups excluding tert-OH is 1. The summed E-state index contributed by atoms with van der Waals surface area (Å²) in [4.78, 5) is 29.4. The number of nitrogens with zero attached hydrogens (tertiary/aromatic N) is 1. The van der Waals surface area contributed by atoms with Gasteiger partial charge in [0.05, 0.1) is 12.2 Å². The lowest BCUT2D eigenvalue weighted by molar-refractivity contribution is -0.0250. The molecule has 1 aromatic carbocycles. The first kappa shape index (κ1) is 17.4. The first-order chi connectivity index (χ1) is 12.0. The van der Waals surface area contributed by atoms with E-state index in [0.717, 1.165) is 5.56 Å². The SMILES string of the molecule is O=C(c1ccc(-c2ccccc2)[nH]c1=O)N1CCCC(O)(CO)CC1. The Kier molecular flexibility index (Phi) is 5.01. The van der Waals surface area contributed by atoms with Gasteiger partial charge in [-0.1, -0.05) is 30.3 Å². The number of rotatable bonds is 3. The van der Waals surface area contributed by atoms with Crippen LogP contribution in [0.5, 0.6) is 0 Å². The van der Waals surface area contributed by atoms with Gasteiger partial charge in [-0.2, -0.15) is 0 Å². The molecule has 3 rings (SSSR count). The molecule has 1 saturated heterocycles. The number of carbonyl (C=O) groups is 1. The highest BCUT2D eigenvalue weighted by atomic mass is 16.3. The number of hydrogen-bond donors (Lipinski definition) is 3. The van der Waals surface area contributed by atoms with Gasteiger partial charge in [0.15, 0.2) is 0 Å². The average molecular weight is 342 g/mol. The third kappa shape index (κ3) is 3.81. The lowest BCUT2D eigenvalue weighted by atomic mass is 9.96. The fourth-order valence-corrected chi connectivity index (χ4v) is 3.14. The van der Waals surface area contributed by atoms with Gasteiger partial charge in [0.25, 0.3) is 11.5 Å². The van der Waals surface area contributed by atoms with Gasteiger partial charge < -0.3 is 20.1 Å². The highest BCUT2D eigenvalue weighted by Gasteiger charge is 2.31. The van der Waals surface area contributed by atoms with Gasteiger partial charge in [0, 0.05) is 18.8 Å². The number of aliphatic hydroxyl groups is 2. The maximum Gasteiger partial charge on any atom is 0.261 e. The van der Waals surface area contributed by atoms with Crippen molar-refractivity contribution in [1.82, 2.24) is 9.88 Å². The van der Waals surface area contributed by atoms with E-state index < -0.39 is 11.2 Å². The minimum Gasteiger partial charge on any atom is -0.393 e. The number of aromatic amines is 1. The van der Waals surface area contributed by atoms with E-state index in [1.807, 2.05) is 30.3 Å². The summed E-state index contributed by atoms with van der Waals surface area (Å²) in [6, 6.07) is 12.7. The summed E-state index contributed by atoms with van der Waals surface area (Å²) in [5.74, 6) is -0.344. The fraction of sp³-hybridized carbons (Fsp3) is 0.368. The molecule has 0 aliphatic carbocycles. The Morgan fingerprint density at radius 1 is 1.12 bits per heavy atom. The van der Waals surface area contributed by atoms with Crippen molar-refractivity contribution in [2.75, 3.05) is 19.7 Å². The summed E-state index contributed by atoms with van der Waals surface area (Å²) < 4.78 is 0. The quantitative estimate of drug-likeness (QED) is 0.786. The summed E-state index contributed by atoms with van der Waals surface area (Å²) in [6.07, 6.45) is 1.33. The van der Waals surface area contributed by atoms with Gasteiger partial charge in [-0.25, -0.2) is 0 Å². The molecule has 1 fully saturated rings. The topological polar surface area (TPSA) is 93.6 Å². The molecule has 0 bridgehead atoms. The van der Waals surface area contributed by atoms with Crippen molar-refractivity contribution < 1.29 is 15.0 Å². The molecule has 25 heavy (non-hydrogen) atoms. The zero-order valence-corrected chi connectivity index (χ0v) is 13.9. The summed E-state index contributed by atoms with van der Waals surface area (Å²) >= 11 is 0. The standard InChI is InChI=1S/C19H22N2O4/c22-13-19(25)9-4-11-21(12-10-19)18(24)15-7-8-16(20-17(15)23)14-5-2-1-3-6-14/h1-3,5-8,22,25H,4,9-13H2,(H,20,23). The van der Waals surface area contributed by atoms with Gasteiger partial charge >= 0.3 is 0 Å². The average Bonchev–Trinajstić information content (AvgIpc) is 2.84. The molecule has 6 nitrogen and oxygen atoms in total. The largest absolute Gasteiger partial charge is 0.393 e. The van der Waals surface area contributed by atoms with Crippen LogP contribution in [0.1, 0.15) is 29.6 Å². The first-order valence-corrected chi connectivity index (χ1v) is 8.44. The molecular weight excluding hydrogens is 320 g/mol. The Morgan fingerprint density at radius 3 is 2.56 bits per heavy atom. The van der Waals surface area contributed by atoms with E-state index in [9.17, 15) is 19.8 Å². The van der Waals surface area contributed by atoms with Crippen LogP contribution < -0.4 is 5.56 Å². The fourth-order valence-electron chi connectivity index (χ4n) is 3.14. The molecule has 1 amide bonds. The lowest BCUT2D eigenvalue weighted by Gasteiger charge is -2.24. The van der Waals surface area contributed by atoms with Crippen molar-refractivity contribution in [2.24, 2.45) is 0 Å². The number of carbonyl (C=O) groups excluding carboxylic acids is 1. The summed E-state index contributed by atoms with van der Waals surface area (Å²) in [5.41, 5.74) is 0.0645. The van der Waals surface area contributed by atoms with Crippen molar-refractivity contribution in [3.8, 4) is 11.3 Å². The van der Waals surface area contributed by atoms with Crippen LogP contribution in [0.15, 0.2) is 47.3 Å². The zero-order valence-electron chi connectivity index (χ0n) is 13.9. The van der Waals surface area contributed by atoms with Crippen LogP contribution in [0.3, 0.4) is 0 Å². The normalized spacial score (nSPS) is 21.0. The summed E-state index contributed by atoms with van der Waals surface area (Å²) in [7, 11) is 0. The minimum atomic E-state index is -1.14. The Labute approximate surface area is 145 Å². The van der Waals surface area contributed by atoms with E-state index >= 15 is 0 Å². The second-order valence-corrected chi connectivity index (χ2v) is 6.51. The molecule has 1 aromatic heterocycles. The van der Waals surface area contributed by atoms with Gasteiger partial charge in [-0.05, 0) is 37.0 Å². The van der Waals surface area contributed by atoms with Gasteiger partial charge in [-0.15, -0.1) is 0 Å². The third-order valence-electron chi connectivity index (χ3n) is 4.72. The molecule has 132 valence electrons. The number of H-pyrrole nitrogens is 1. The molecule has 1 aliphatic rings. The number of hydrogen-bond acceptors (Lipinski definition) is 4. The Hall–Kier alpha value is -2.44. The van der Waals surface area contributed by atoms with Crippen molar-refractivity contribution in [2.45, 2.75) is 24.9 Å². The van der Waals surface area contributed by atoms with E-state index in [-0.39, 0.29) is 18.1 Å². The number of pyridine rings is 1. The first-order valence-electron chi connectivity index (χ1n) is 8.44. The predicted octanol–water partition coefficient (Wildman–Crippen LogP) is 1.39. The number of aromatic nitrogens is 1. The van der Waals surface area contributed by atoms with Crippen LogP contribution in [0, 0.1) is 0 Å². The molecule has 1 unspecified atom stereocenters. The molecule has 0 spiro atoms. The van der Waals surface area contributed by atoms with Crippen LogP contribution in [0.25, 0.3) is 11.3 Å². The minimum absolute atomic E-state index is 0.0918. The Morgan fingerprint density at radius 2 is 1.88 bits per heavy atom. The molecule has 0 saturated carbocycles. The van der Waals surface area contributed by atoms with Gasteiger partial charge in [-0.3, -0.25) is 9.59 Å². The van der Waals surface area contributed by atoms with Crippen LogP contribution in [0.2, 0.25) is 0 Å². The highest BCUT2D eigenvalue weighted by Crippen LogP contribution is 2.22. The molecule has 6 heteroatoms. The van der Waals surface area contributed by atoms with E-state index in [2.05, 4.69) is 4.98 Å². The van der Waals surface area contributed by atoms with Crippen molar-refractivity contribution in [1.29, 1.82) is 0 Å². The highest BCUT2D eigenvalue weighted by molar-refractivity contribution is 5.94.